The third-order valence-electron chi connectivity index (χ3n) is 21.4. The zero-order valence-electron chi connectivity index (χ0n) is 66.0. The topological polar surface area (TPSA) is 374 Å². The Morgan fingerprint density at radius 1 is 0.330 bits per heavy atom. The Morgan fingerprint density at radius 2 is 0.604 bits per heavy atom. The molecule has 18 atom stereocenters. The van der Waals surface area contributed by atoms with Crippen molar-refractivity contribution in [2.45, 2.75) is 472 Å². The predicted molar refractivity (Wildman–Crippen MR) is 407 cm³/mol. The monoisotopic (exact) mass is 1540 g/mol. The van der Waals surface area contributed by atoms with Gasteiger partial charge in [0.25, 0.3) is 0 Å². The number of esters is 3. The van der Waals surface area contributed by atoms with Crippen LogP contribution in [0.3, 0.4) is 0 Å². The highest BCUT2D eigenvalue weighted by Gasteiger charge is 2.58. The van der Waals surface area contributed by atoms with Crippen molar-refractivity contribution in [1.29, 1.82) is 0 Å². The summed E-state index contributed by atoms with van der Waals surface area (Å²) in [4.78, 5) is 51.3. The minimum absolute atomic E-state index is 0.0323. The standard InChI is InChI=1S/C81H153O24P/c1-4-7-10-13-16-19-22-25-28-31-34-37-40-43-46-49-52-55-65(83)97-59-62(100-67(85)57-54-51-48-45-42-39-36-33-30-27-24-21-18-15-12-9-6-3)60-99-106(95,96)105-79-77(103-80-75(93)70(88)68(86)63(58-82)101-80)73(91)72(90)74(92)78(79)104-81-76(94)71(89)69(87)64(102-81)61-98-66(84)56-53-50-47-44-41-38-35-32-29-26-23-20-17-14-11-8-5-2/h62-64,68-82,86-94H,4-61H2,1-3H3,(H,95,96). The van der Waals surface area contributed by atoms with Crippen LogP contribution in [0.25, 0.3) is 0 Å². The molecule has 0 spiro atoms. The number of ether oxygens (including phenoxy) is 7. The van der Waals surface area contributed by atoms with Gasteiger partial charge >= 0.3 is 25.7 Å². The van der Waals surface area contributed by atoms with E-state index in [0.29, 0.717) is 19.3 Å². The van der Waals surface area contributed by atoms with Crippen LogP contribution < -0.4 is 0 Å². The third kappa shape index (κ3) is 43.8. The summed E-state index contributed by atoms with van der Waals surface area (Å²) in [7, 11) is -5.70. The van der Waals surface area contributed by atoms with Gasteiger partial charge < -0.3 is 89.1 Å². The molecular weight excluding hydrogens is 1390 g/mol. The lowest BCUT2D eigenvalue weighted by Gasteiger charge is -2.49. The normalized spacial score (nSPS) is 26.4. The molecule has 25 heteroatoms. The Morgan fingerprint density at radius 3 is 0.925 bits per heavy atom. The molecule has 24 nitrogen and oxygen atoms in total. The number of aliphatic hydroxyl groups excluding tert-OH is 10. The van der Waals surface area contributed by atoms with E-state index in [0.717, 1.165) is 89.9 Å². The van der Waals surface area contributed by atoms with Crippen LogP contribution in [0.1, 0.15) is 367 Å². The number of carbonyl (C=O) groups is 3. The summed E-state index contributed by atoms with van der Waals surface area (Å²) >= 11 is 0. The lowest BCUT2D eigenvalue weighted by Crippen LogP contribution is -2.69. The molecular formula is C81H153O24P. The van der Waals surface area contributed by atoms with Crippen molar-refractivity contribution in [1.82, 2.24) is 0 Å². The predicted octanol–water partition coefficient (Wildman–Crippen LogP) is 14.1. The smallest absolute Gasteiger partial charge is 0.463 e. The number of rotatable bonds is 69. The van der Waals surface area contributed by atoms with E-state index in [4.69, 9.17) is 42.2 Å². The Balaban J connectivity index is 1.67. The molecule has 0 aromatic rings. The van der Waals surface area contributed by atoms with Gasteiger partial charge in [-0.3, -0.25) is 23.4 Å². The first-order valence-electron chi connectivity index (χ1n) is 42.8. The second kappa shape index (κ2) is 62.4. The van der Waals surface area contributed by atoms with Gasteiger partial charge in [0.15, 0.2) is 18.7 Å². The molecule has 0 bridgehead atoms. The summed E-state index contributed by atoms with van der Waals surface area (Å²) < 4.78 is 65.4. The molecule has 0 radical (unpaired) electrons. The maximum atomic E-state index is 14.4. The van der Waals surface area contributed by atoms with E-state index in [-0.39, 0.29) is 19.3 Å². The van der Waals surface area contributed by atoms with E-state index in [1.165, 1.54) is 218 Å². The second-order valence-corrected chi connectivity index (χ2v) is 32.3. The van der Waals surface area contributed by atoms with Gasteiger partial charge in [-0.2, -0.15) is 0 Å². The first kappa shape index (κ1) is 98.2. The van der Waals surface area contributed by atoms with Crippen LogP contribution in [0.15, 0.2) is 0 Å². The van der Waals surface area contributed by atoms with E-state index < -0.39 is 156 Å². The van der Waals surface area contributed by atoms with Crippen molar-refractivity contribution >= 4 is 25.7 Å². The van der Waals surface area contributed by atoms with Crippen LogP contribution in [0, 0.1) is 0 Å². The fourth-order valence-corrected chi connectivity index (χ4v) is 15.4. The molecule has 0 aromatic heterocycles. The van der Waals surface area contributed by atoms with E-state index in [1.807, 2.05) is 0 Å². The van der Waals surface area contributed by atoms with E-state index in [9.17, 15) is 74.9 Å². The average Bonchev–Trinajstić information content (AvgIpc) is 0.761. The van der Waals surface area contributed by atoms with Crippen LogP contribution in [0.4, 0.5) is 0 Å². The minimum Gasteiger partial charge on any atom is -0.463 e. The zero-order chi connectivity index (χ0) is 77.4. The van der Waals surface area contributed by atoms with E-state index in [1.54, 1.807) is 0 Å². The van der Waals surface area contributed by atoms with Crippen molar-refractivity contribution in [2.75, 3.05) is 26.4 Å². The van der Waals surface area contributed by atoms with Crippen molar-refractivity contribution in [3.05, 3.63) is 0 Å². The lowest BCUT2D eigenvalue weighted by atomic mass is 9.84. The van der Waals surface area contributed by atoms with Gasteiger partial charge in [-0.05, 0) is 19.3 Å². The first-order chi connectivity index (χ1) is 51.3. The van der Waals surface area contributed by atoms with Gasteiger partial charge in [0, 0.05) is 19.3 Å². The lowest BCUT2D eigenvalue weighted by molar-refractivity contribution is -0.360. The van der Waals surface area contributed by atoms with Crippen molar-refractivity contribution < 1.29 is 117 Å². The van der Waals surface area contributed by atoms with Gasteiger partial charge in [-0.15, -0.1) is 0 Å². The number of aliphatic hydroxyl groups is 10. The summed E-state index contributed by atoms with van der Waals surface area (Å²) in [6, 6.07) is 0. The Labute approximate surface area is 638 Å². The van der Waals surface area contributed by atoms with Crippen LogP contribution in [0.2, 0.25) is 0 Å². The number of hydrogen-bond acceptors (Lipinski definition) is 23. The highest BCUT2D eigenvalue weighted by molar-refractivity contribution is 7.47. The molecule has 3 fully saturated rings. The SMILES string of the molecule is CCCCCCCCCCCCCCCCCCCC(=O)OCC(COP(=O)(O)OC1C(OC2OC(CO)C(O)C(O)C2O)C(O)C(O)C(O)C1OC1OC(COC(=O)CCCCCCCCCCCCCCCCCCC)C(O)C(O)C1O)OC(=O)CCCCCCCCCCCCCCCCCCC. The fraction of sp³-hybridized carbons (Fsp3) is 0.963. The Kier molecular flexibility index (Phi) is 57.8. The molecule has 2 saturated heterocycles. The van der Waals surface area contributed by atoms with Gasteiger partial charge in [0.2, 0.25) is 0 Å². The van der Waals surface area contributed by atoms with Crippen molar-refractivity contribution in [3.63, 3.8) is 0 Å². The van der Waals surface area contributed by atoms with Gasteiger partial charge in [0.1, 0.15) is 98.7 Å². The number of phosphoric ester groups is 1. The zero-order valence-corrected chi connectivity index (χ0v) is 66.9. The second-order valence-electron chi connectivity index (χ2n) is 30.9. The quantitative estimate of drug-likeness (QED) is 0.0117. The van der Waals surface area contributed by atoms with Crippen LogP contribution in [0.5, 0.6) is 0 Å². The minimum atomic E-state index is -5.70. The molecule has 0 amide bonds. The summed E-state index contributed by atoms with van der Waals surface area (Å²) in [5.74, 6) is -1.96. The summed E-state index contributed by atoms with van der Waals surface area (Å²) in [5.41, 5.74) is 0. The highest BCUT2D eigenvalue weighted by Crippen LogP contribution is 2.49. The maximum Gasteiger partial charge on any atom is 0.472 e. The van der Waals surface area contributed by atoms with Crippen LogP contribution >= 0.6 is 7.82 Å². The Hall–Kier alpha value is -2.04. The van der Waals surface area contributed by atoms with Gasteiger partial charge in [0.05, 0.1) is 13.2 Å². The molecule has 3 rings (SSSR count). The van der Waals surface area contributed by atoms with Crippen LogP contribution in [-0.4, -0.2) is 204 Å². The highest BCUT2D eigenvalue weighted by atomic mass is 31.2. The third-order valence-corrected chi connectivity index (χ3v) is 22.4. The molecule has 11 N–H and O–H groups in total. The molecule has 2 heterocycles. The molecule has 18 unspecified atom stereocenters. The van der Waals surface area contributed by atoms with Crippen LogP contribution in [-0.2, 0) is 61.2 Å². The maximum absolute atomic E-state index is 14.4. The number of unbranched alkanes of at least 4 members (excludes halogenated alkanes) is 48. The fourth-order valence-electron chi connectivity index (χ4n) is 14.5. The van der Waals surface area contributed by atoms with E-state index >= 15 is 0 Å². The number of phosphoric acid groups is 1. The summed E-state index contributed by atoms with van der Waals surface area (Å²) in [5, 5.41) is 110. The number of hydrogen-bond donors (Lipinski definition) is 11. The average molecular weight is 1540 g/mol. The summed E-state index contributed by atoms with van der Waals surface area (Å²) in [6.07, 6.45) is 24.0. The molecule has 3 aliphatic rings. The Bertz CT molecular complexity index is 2170. The molecule has 0 aromatic carbocycles. The first-order valence-corrected chi connectivity index (χ1v) is 44.3. The number of carbonyl (C=O) groups excluding carboxylic acids is 3. The molecule has 2 aliphatic heterocycles. The van der Waals surface area contributed by atoms with Gasteiger partial charge in [-0.25, -0.2) is 4.57 Å². The molecule has 1 saturated carbocycles. The largest absolute Gasteiger partial charge is 0.472 e. The summed E-state index contributed by atoms with van der Waals surface area (Å²) in [6.45, 7) is 3.54. The van der Waals surface area contributed by atoms with Crippen molar-refractivity contribution in [2.24, 2.45) is 0 Å². The molecule has 1 aliphatic carbocycles. The molecule has 626 valence electrons. The van der Waals surface area contributed by atoms with E-state index in [2.05, 4.69) is 20.8 Å². The van der Waals surface area contributed by atoms with Gasteiger partial charge in [-0.1, -0.05) is 329 Å². The molecule has 106 heavy (non-hydrogen) atoms. The van der Waals surface area contributed by atoms with Crippen molar-refractivity contribution in [3.8, 4) is 0 Å².